The van der Waals surface area contributed by atoms with Crippen LogP contribution < -0.4 is 10.6 Å². The predicted octanol–water partition coefficient (Wildman–Crippen LogP) is 5.46. The number of amides is 1. The first-order valence-electron chi connectivity index (χ1n) is 8.07. The van der Waals surface area contributed by atoms with Crippen LogP contribution in [0.15, 0.2) is 53.4 Å². The van der Waals surface area contributed by atoms with E-state index in [9.17, 15) is 4.79 Å². The molecule has 0 spiro atoms. The molecule has 0 aliphatic rings. The van der Waals surface area contributed by atoms with Crippen molar-refractivity contribution in [3.63, 3.8) is 0 Å². The Morgan fingerprint density at radius 1 is 1.16 bits per heavy atom. The maximum atomic E-state index is 12.0. The van der Waals surface area contributed by atoms with Crippen molar-refractivity contribution in [1.82, 2.24) is 5.32 Å². The molecule has 0 fully saturated rings. The SMILES string of the molecule is CCC(C)c1ccc(NC(=S)NC(=O)CSc2ccc(Cl)cc2)cc1. The fourth-order valence-electron chi connectivity index (χ4n) is 2.14. The van der Waals surface area contributed by atoms with Gasteiger partial charge in [-0.05, 0) is 66.5 Å². The van der Waals surface area contributed by atoms with Crippen LogP contribution in [0.25, 0.3) is 0 Å². The largest absolute Gasteiger partial charge is 0.332 e. The maximum absolute atomic E-state index is 12.0. The quantitative estimate of drug-likeness (QED) is 0.506. The van der Waals surface area contributed by atoms with Crippen molar-refractivity contribution in [3.05, 3.63) is 59.1 Å². The Morgan fingerprint density at radius 2 is 1.80 bits per heavy atom. The normalized spacial score (nSPS) is 11.6. The molecule has 0 radical (unpaired) electrons. The third kappa shape index (κ3) is 6.69. The summed E-state index contributed by atoms with van der Waals surface area (Å²) in [5, 5.41) is 6.71. The summed E-state index contributed by atoms with van der Waals surface area (Å²) in [4.78, 5) is 13.0. The molecular formula is C19H21ClN2OS2. The zero-order chi connectivity index (χ0) is 18.2. The molecular weight excluding hydrogens is 372 g/mol. The molecule has 0 aliphatic carbocycles. The van der Waals surface area contributed by atoms with Gasteiger partial charge in [0.05, 0.1) is 5.75 Å². The molecule has 132 valence electrons. The number of carbonyl (C=O) groups excluding carboxylic acids is 1. The van der Waals surface area contributed by atoms with Gasteiger partial charge in [0.25, 0.3) is 0 Å². The summed E-state index contributed by atoms with van der Waals surface area (Å²) in [6.45, 7) is 4.37. The summed E-state index contributed by atoms with van der Waals surface area (Å²) in [5.41, 5.74) is 2.16. The number of rotatable bonds is 6. The highest BCUT2D eigenvalue weighted by Gasteiger charge is 2.07. The second-order valence-corrected chi connectivity index (χ2v) is 7.57. The molecule has 0 saturated carbocycles. The van der Waals surface area contributed by atoms with Crippen LogP contribution in [0.3, 0.4) is 0 Å². The van der Waals surface area contributed by atoms with Crippen LogP contribution in [0, 0.1) is 0 Å². The standard InChI is InChI=1S/C19H21ClN2OS2/c1-3-13(2)14-4-8-16(9-5-14)21-19(24)22-18(23)12-25-17-10-6-15(20)7-11-17/h4-11,13H,3,12H2,1-2H3,(H2,21,22,23,24). The minimum absolute atomic E-state index is 0.145. The van der Waals surface area contributed by atoms with Crippen LogP contribution in [0.1, 0.15) is 31.7 Å². The second-order valence-electron chi connectivity index (χ2n) is 5.68. The van der Waals surface area contributed by atoms with Crippen molar-refractivity contribution in [2.45, 2.75) is 31.1 Å². The zero-order valence-electron chi connectivity index (χ0n) is 14.2. The zero-order valence-corrected chi connectivity index (χ0v) is 16.6. The van der Waals surface area contributed by atoms with E-state index >= 15 is 0 Å². The topological polar surface area (TPSA) is 41.1 Å². The van der Waals surface area contributed by atoms with Gasteiger partial charge in [-0.3, -0.25) is 4.79 Å². The number of halogens is 1. The molecule has 0 heterocycles. The number of hydrogen-bond donors (Lipinski definition) is 2. The molecule has 2 aromatic carbocycles. The highest BCUT2D eigenvalue weighted by molar-refractivity contribution is 8.00. The molecule has 2 aromatic rings. The molecule has 25 heavy (non-hydrogen) atoms. The number of hydrogen-bond acceptors (Lipinski definition) is 3. The lowest BCUT2D eigenvalue weighted by Crippen LogP contribution is -2.35. The van der Waals surface area contributed by atoms with Crippen molar-refractivity contribution >= 4 is 52.3 Å². The molecule has 0 saturated heterocycles. The Bertz CT molecular complexity index is 717. The minimum atomic E-state index is -0.145. The summed E-state index contributed by atoms with van der Waals surface area (Å²) in [5.74, 6) is 0.676. The van der Waals surface area contributed by atoms with E-state index in [4.69, 9.17) is 23.8 Å². The first-order chi connectivity index (χ1) is 12.0. The molecule has 2 N–H and O–H groups in total. The van der Waals surface area contributed by atoms with Crippen LogP contribution in [0.4, 0.5) is 5.69 Å². The van der Waals surface area contributed by atoms with Crippen molar-refractivity contribution in [3.8, 4) is 0 Å². The molecule has 1 unspecified atom stereocenters. The fourth-order valence-corrected chi connectivity index (χ4v) is 3.19. The summed E-state index contributed by atoms with van der Waals surface area (Å²) in [6, 6.07) is 15.5. The molecule has 0 bridgehead atoms. The lowest BCUT2D eigenvalue weighted by Gasteiger charge is -2.12. The molecule has 1 amide bonds. The van der Waals surface area contributed by atoms with E-state index in [1.165, 1.54) is 17.3 Å². The number of benzene rings is 2. The Labute approximate surface area is 163 Å². The molecule has 3 nitrogen and oxygen atoms in total. The van der Waals surface area contributed by atoms with Gasteiger partial charge < -0.3 is 10.6 Å². The molecule has 2 rings (SSSR count). The monoisotopic (exact) mass is 392 g/mol. The van der Waals surface area contributed by atoms with E-state index in [2.05, 4.69) is 36.6 Å². The van der Waals surface area contributed by atoms with E-state index < -0.39 is 0 Å². The summed E-state index contributed by atoms with van der Waals surface area (Å²) >= 11 is 12.5. The third-order valence-corrected chi connectivity index (χ3v) is 5.25. The fraction of sp³-hybridized carbons (Fsp3) is 0.263. The summed E-state index contributed by atoms with van der Waals surface area (Å²) < 4.78 is 0. The smallest absolute Gasteiger partial charge is 0.236 e. The van der Waals surface area contributed by atoms with Crippen molar-refractivity contribution < 1.29 is 4.79 Å². The van der Waals surface area contributed by atoms with Gasteiger partial charge in [0.15, 0.2) is 5.11 Å². The van der Waals surface area contributed by atoms with Crippen molar-refractivity contribution in [1.29, 1.82) is 0 Å². The molecule has 1 atom stereocenters. The van der Waals surface area contributed by atoms with Gasteiger partial charge in [-0.2, -0.15) is 0 Å². The van der Waals surface area contributed by atoms with E-state index in [0.29, 0.717) is 16.1 Å². The molecule has 6 heteroatoms. The number of thiocarbonyl (C=S) groups is 1. The average molecular weight is 393 g/mol. The first-order valence-corrected chi connectivity index (χ1v) is 9.84. The lowest BCUT2D eigenvalue weighted by atomic mass is 9.99. The molecule has 0 aliphatic heterocycles. The Balaban J connectivity index is 1.79. The third-order valence-electron chi connectivity index (χ3n) is 3.79. The van der Waals surface area contributed by atoms with Crippen LogP contribution in [0.2, 0.25) is 5.02 Å². The van der Waals surface area contributed by atoms with Crippen LogP contribution in [0.5, 0.6) is 0 Å². The van der Waals surface area contributed by atoms with Gasteiger partial charge in [0.1, 0.15) is 0 Å². The summed E-state index contributed by atoms with van der Waals surface area (Å²) in [7, 11) is 0. The van der Waals surface area contributed by atoms with Gasteiger partial charge in [-0.15, -0.1) is 11.8 Å². The summed E-state index contributed by atoms with van der Waals surface area (Å²) in [6.07, 6.45) is 1.10. The minimum Gasteiger partial charge on any atom is -0.332 e. The predicted molar refractivity (Wildman–Crippen MR) is 112 cm³/mol. The van der Waals surface area contributed by atoms with Crippen LogP contribution in [-0.4, -0.2) is 16.8 Å². The Kier molecular flexibility index (Phi) is 7.75. The van der Waals surface area contributed by atoms with Gasteiger partial charge in [0, 0.05) is 15.6 Å². The van der Waals surface area contributed by atoms with Crippen molar-refractivity contribution in [2.75, 3.05) is 11.1 Å². The number of nitrogens with one attached hydrogen (secondary N) is 2. The van der Waals surface area contributed by atoms with Crippen molar-refractivity contribution in [2.24, 2.45) is 0 Å². The lowest BCUT2D eigenvalue weighted by molar-refractivity contribution is -0.117. The number of thioether (sulfide) groups is 1. The highest BCUT2D eigenvalue weighted by atomic mass is 35.5. The number of anilines is 1. The highest BCUT2D eigenvalue weighted by Crippen LogP contribution is 2.21. The van der Waals surface area contributed by atoms with Gasteiger partial charge in [-0.25, -0.2) is 0 Å². The number of carbonyl (C=O) groups is 1. The first kappa shape index (κ1) is 19.8. The Hall–Kier alpha value is -1.56. The van der Waals surface area contributed by atoms with E-state index in [1.54, 1.807) is 12.1 Å². The van der Waals surface area contributed by atoms with Crippen LogP contribution >= 0.6 is 35.6 Å². The van der Waals surface area contributed by atoms with Gasteiger partial charge in [0.2, 0.25) is 5.91 Å². The second kappa shape index (κ2) is 9.80. The Morgan fingerprint density at radius 3 is 2.40 bits per heavy atom. The van der Waals surface area contributed by atoms with E-state index in [-0.39, 0.29) is 11.7 Å². The van der Waals surface area contributed by atoms with Crippen LogP contribution in [-0.2, 0) is 4.79 Å². The van der Waals surface area contributed by atoms with E-state index in [1.807, 2.05) is 24.3 Å². The van der Waals surface area contributed by atoms with Gasteiger partial charge in [-0.1, -0.05) is 37.6 Å². The molecule has 0 aromatic heterocycles. The van der Waals surface area contributed by atoms with E-state index in [0.717, 1.165) is 17.0 Å². The van der Waals surface area contributed by atoms with Gasteiger partial charge >= 0.3 is 0 Å². The maximum Gasteiger partial charge on any atom is 0.236 e. The average Bonchev–Trinajstić information content (AvgIpc) is 2.61.